The lowest BCUT2D eigenvalue weighted by Gasteiger charge is -2.25. The molecular formula is C23H21NO4. The van der Waals surface area contributed by atoms with Gasteiger partial charge in [0.2, 0.25) is 0 Å². The molecule has 0 heterocycles. The zero-order valence-electron chi connectivity index (χ0n) is 15.2. The number of alkyl carbamates (subject to hydrolysis) is 1. The molecule has 142 valence electrons. The number of hydrogen-bond donors (Lipinski definition) is 2. The first-order valence-electron chi connectivity index (χ1n) is 9.66. The molecule has 1 saturated carbocycles. The predicted octanol–water partition coefficient (Wildman–Crippen LogP) is 3.80. The van der Waals surface area contributed by atoms with Gasteiger partial charge in [0.25, 0.3) is 0 Å². The number of benzene rings is 2. The molecule has 2 bridgehead atoms. The number of aliphatic carboxylic acids is 1. The average Bonchev–Trinajstić information content (AvgIpc) is 3.38. The molecule has 28 heavy (non-hydrogen) atoms. The Morgan fingerprint density at radius 3 is 2.21 bits per heavy atom. The fourth-order valence-electron chi connectivity index (χ4n) is 5.13. The van der Waals surface area contributed by atoms with Gasteiger partial charge >= 0.3 is 12.1 Å². The molecule has 3 aliphatic rings. The van der Waals surface area contributed by atoms with Crippen molar-refractivity contribution < 1.29 is 19.4 Å². The van der Waals surface area contributed by atoms with Gasteiger partial charge in [-0.1, -0.05) is 60.7 Å². The Kier molecular flexibility index (Phi) is 3.97. The number of rotatable bonds is 4. The molecule has 1 amide bonds. The molecule has 0 radical (unpaired) electrons. The van der Waals surface area contributed by atoms with E-state index in [0.717, 1.165) is 17.5 Å². The van der Waals surface area contributed by atoms with Gasteiger partial charge in [0, 0.05) is 5.92 Å². The molecule has 4 atom stereocenters. The number of hydrogen-bond acceptors (Lipinski definition) is 3. The molecular weight excluding hydrogens is 354 g/mol. The summed E-state index contributed by atoms with van der Waals surface area (Å²) >= 11 is 0. The zero-order valence-corrected chi connectivity index (χ0v) is 15.2. The number of allylic oxidation sites excluding steroid dienone is 1. The van der Waals surface area contributed by atoms with Crippen molar-refractivity contribution in [2.45, 2.75) is 18.4 Å². The van der Waals surface area contributed by atoms with E-state index >= 15 is 0 Å². The van der Waals surface area contributed by atoms with Gasteiger partial charge in [-0.15, -0.1) is 0 Å². The van der Waals surface area contributed by atoms with Crippen molar-refractivity contribution in [2.24, 2.45) is 17.8 Å². The molecule has 0 spiro atoms. The highest BCUT2D eigenvalue weighted by Crippen LogP contribution is 2.45. The summed E-state index contributed by atoms with van der Waals surface area (Å²) < 4.78 is 5.57. The molecule has 5 rings (SSSR count). The van der Waals surface area contributed by atoms with Crippen molar-refractivity contribution in [1.29, 1.82) is 0 Å². The van der Waals surface area contributed by atoms with E-state index in [1.54, 1.807) is 0 Å². The molecule has 0 saturated heterocycles. The van der Waals surface area contributed by atoms with Crippen LogP contribution >= 0.6 is 0 Å². The van der Waals surface area contributed by atoms with Gasteiger partial charge in [0.05, 0.1) is 12.0 Å². The predicted molar refractivity (Wildman–Crippen MR) is 104 cm³/mol. The molecule has 2 N–H and O–H groups in total. The van der Waals surface area contributed by atoms with Gasteiger partial charge < -0.3 is 15.2 Å². The van der Waals surface area contributed by atoms with Crippen LogP contribution in [0, 0.1) is 17.8 Å². The van der Waals surface area contributed by atoms with Gasteiger partial charge in [-0.3, -0.25) is 4.79 Å². The monoisotopic (exact) mass is 375 g/mol. The number of fused-ring (bicyclic) bond motifs is 5. The van der Waals surface area contributed by atoms with E-state index in [1.807, 2.05) is 36.4 Å². The van der Waals surface area contributed by atoms with Crippen molar-refractivity contribution in [1.82, 2.24) is 5.32 Å². The summed E-state index contributed by atoms with van der Waals surface area (Å²) in [6, 6.07) is 15.9. The normalized spacial score (nSPS) is 26.7. The third-order valence-electron chi connectivity index (χ3n) is 6.37. The molecule has 5 nitrogen and oxygen atoms in total. The van der Waals surface area contributed by atoms with Gasteiger partial charge in [-0.25, -0.2) is 4.79 Å². The van der Waals surface area contributed by atoms with Crippen molar-refractivity contribution in [3.8, 4) is 11.1 Å². The number of ether oxygens (including phenoxy) is 1. The fourth-order valence-corrected chi connectivity index (χ4v) is 5.13. The van der Waals surface area contributed by atoms with Crippen LogP contribution < -0.4 is 5.32 Å². The average molecular weight is 375 g/mol. The first-order valence-corrected chi connectivity index (χ1v) is 9.66. The van der Waals surface area contributed by atoms with Gasteiger partial charge in [-0.05, 0) is 40.5 Å². The molecule has 1 fully saturated rings. The van der Waals surface area contributed by atoms with Crippen LogP contribution in [0.5, 0.6) is 0 Å². The number of carbonyl (C=O) groups is 2. The molecule has 3 aliphatic carbocycles. The molecule has 2 aromatic rings. The molecule has 2 aromatic carbocycles. The summed E-state index contributed by atoms with van der Waals surface area (Å²) in [5, 5.41) is 12.3. The van der Waals surface area contributed by atoms with Crippen LogP contribution in [0.25, 0.3) is 11.1 Å². The van der Waals surface area contributed by atoms with Gasteiger partial charge in [0.1, 0.15) is 6.61 Å². The first-order chi connectivity index (χ1) is 13.6. The van der Waals surface area contributed by atoms with E-state index in [4.69, 9.17) is 4.74 Å². The van der Waals surface area contributed by atoms with E-state index in [1.165, 1.54) is 11.1 Å². The molecule has 5 heteroatoms. The maximum atomic E-state index is 12.5. The smallest absolute Gasteiger partial charge is 0.407 e. The van der Waals surface area contributed by atoms with Crippen LogP contribution in [-0.2, 0) is 9.53 Å². The molecule has 0 aliphatic heterocycles. The minimum Gasteiger partial charge on any atom is -0.481 e. The van der Waals surface area contributed by atoms with Crippen molar-refractivity contribution >= 4 is 12.1 Å². The van der Waals surface area contributed by atoms with Gasteiger partial charge in [0.15, 0.2) is 0 Å². The van der Waals surface area contributed by atoms with E-state index in [-0.39, 0.29) is 24.4 Å². The summed E-state index contributed by atoms with van der Waals surface area (Å²) in [6.45, 7) is 0.230. The number of amides is 1. The maximum Gasteiger partial charge on any atom is 0.407 e. The largest absolute Gasteiger partial charge is 0.481 e. The Labute approximate surface area is 163 Å². The number of carboxylic acid groups (broad SMARTS) is 1. The van der Waals surface area contributed by atoms with Crippen LogP contribution in [0.4, 0.5) is 4.79 Å². The highest BCUT2D eigenvalue weighted by atomic mass is 16.5. The number of carboxylic acids is 1. The lowest BCUT2D eigenvalue weighted by Crippen LogP contribution is -2.46. The quantitative estimate of drug-likeness (QED) is 0.797. The van der Waals surface area contributed by atoms with Gasteiger partial charge in [-0.2, -0.15) is 0 Å². The van der Waals surface area contributed by atoms with Crippen LogP contribution in [-0.4, -0.2) is 29.8 Å². The first kappa shape index (κ1) is 17.0. The lowest BCUT2D eigenvalue weighted by molar-refractivity contribution is -0.143. The highest BCUT2D eigenvalue weighted by Gasteiger charge is 2.49. The summed E-state index contributed by atoms with van der Waals surface area (Å²) in [5.41, 5.74) is 4.66. The van der Waals surface area contributed by atoms with Crippen LogP contribution in [0.3, 0.4) is 0 Å². The summed E-state index contributed by atoms with van der Waals surface area (Å²) in [6.07, 6.45) is 4.21. The summed E-state index contributed by atoms with van der Waals surface area (Å²) in [5.74, 6) is -1.36. The van der Waals surface area contributed by atoms with E-state index in [0.29, 0.717) is 0 Å². The second kappa shape index (κ2) is 6.51. The topological polar surface area (TPSA) is 75.6 Å². The Morgan fingerprint density at radius 2 is 1.57 bits per heavy atom. The third-order valence-corrected chi connectivity index (χ3v) is 6.37. The second-order valence-electron chi connectivity index (χ2n) is 7.81. The molecule has 0 unspecified atom stereocenters. The Morgan fingerprint density at radius 1 is 0.964 bits per heavy atom. The second-order valence-corrected chi connectivity index (χ2v) is 7.81. The van der Waals surface area contributed by atoms with E-state index in [2.05, 4.69) is 29.6 Å². The SMILES string of the molecule is O=C(N[C@@H]1[C@@H](C(=O)O)[C@H]2C=C[C@H]1C2)OCC1c2ccccc2-c2ccccc21. The van der Waals surface area contributed by atoms with Crippen molar-refractivity contribution in [3.63, 3.8) is 0 Å². The summed E-state index contributed by atoms with van der Waals surface area (Å²) in [7, 11) is 0. The Balaban J connectivity index is 1.30. The minimum atomic E-state index is -0.860. The maximum absolute atomic E-state index is 12.5. The number of nitrogens with one attached hydrogen (secondary N) is 1. The standard InChI is InChI=1S/C23H21NO4/c25-22(26)20-13-9-10-14(11-13)21(20)24-23(27)28-12-19-17-7-3-1-5-15(17)16-6-2-4-8-18(16)19/h1-10,13-14,19-21H,11-12H2,(H,24,27)(H,25,26)/t13-,14-,20-,21-/m0/s1. The van der Waals surface area contributed by atoms with Crippen LogP contribution in [0.15, 0.2) is 60.7 Å². The summed E-state index contributed by atoms with van der Waals surface area (Å²) in [4.78, 5) is 24.1. The highest BCUT2D eigenvalue weighted by molar-refractivity contribution is 5.79. The Bertz CT molecular complexity index is 937. The molecule has 0 aromatic heterocycles. The van der Waals surface area contributed by atoms with E-state index < -0.39 is 24.0 Å². The van der Waals surface area contributed by atoms with Crippen molar-refractivity contribution in [3.05, 3.63) is 71.8 Å². The fraction of sp³-hybridized carbons (Fsp3) is 0.304. The third kappa shape index (κ3) is 2.61. The van der Waals surface area contributed by atoms with E-state index in [9.17, 15) is 14.7 Å². The number of carbonyl (C=O) groups excluding carboxylic acids is 1. The lowest BCUT2D eigenvalue weighted by atomic mass is 9.89. The van der Waals surface area contributed by atoms with Crippen LogP contribution in [0.1, 0.15) is 23.5 Å². The minimum absolute atomic E-state index is 0.00128. The van der Waals surface area contributed by atoms with Crippen molar-refractivity contribution in [2.75, 3.05) is 6.61 Å². The Hall–Kier alpha value is -3.08. The zero-order chi connectivity index (χ0) is 19.3. The van der Waals surface area contributed by atoms with Crippen LogP contribution in [0.2, 0.25) is 0 Å².